The average molecular weight is 520 g/mol. The summed E-state index contributed by atoms with van der Waals surface area (Å²) in [4.78, 5) is 25.4. The molecule has 0 aromatic heterocycles. The van der Waals surface area contributed by atoms with Crippen LogP contribution in [-0.4, -0.2) is 18.9 Å². The summed E-state index contributed by atoms with van der Waals surface area (Å²) in [6.07, 6.45) is 0. The summed E-state index contributed by atoms with van der Waals surface area (Å²) in [6.45, 7) is 0. The van der Waals surface area contributed by atoms with Crippen molar-refractivity contribution in [3.8, 4) is 5.75 Å². The second kappa shape index (κ2) is 9.92. The quantitative estimate of drug-likeness (QED) is 0.378. The van der Waals surface area contributed by atoms with E-state index < -0.39 is 23.4 Å². The largest absolute Gasteiger partial charge is 0.496 e. The molecular formula is C21H12Cl4F2N2O3. The third kappa shape index (κ3) is 5.24. The normalized spacial score (nSPS) is 10.6. The van der Waals surface area contributed by atoms with Gasteiger partial charge >= 0.3 is 0 Å². The van der Waals surface area contributed by atoms with Gasteiger partial charge in [-0.05, 0) is 42.5 Å². The van der Waals surface area contributed by atoms with Gasteiger partial charge in [-0.25, -0.2) is 8.78 Å². The van der Waals surface area contributed by atoms with Gasteiger partial charge in [-0.15, -0.1) is 0 Å². The summed E-state index contributed by atoms with van der Waals surface area (Å²) in [7, 11) is 1.31. The van der Waals surface area contributed by atoms with E-state index in [0.717, 1.165) is 12.1 Å². The molecule has 32 heavy (non-hydrogen) atoms. The van der Waals surface area contributed by atoms with Gasteiger partial charge in [0.2, 0.25) is 0 Å². The second-order valence-electron chi connectivity index (χ2n) is 6.31. The van der Waals surface area contributed by atoms with Gasteiger partial charge in [0.25, 0.3) is 11.8 Å². The zero-order valence-corrected chi connectivity index (χ0v) is 19.1. The molecule has 0 radical (unpaired) electrons. The highest BCUT2D eigenvalue weighted by atomic mass is 35.5. The van der Waals surface area contributed by atoms with Crippen LogP contribution in [0, 0.1) is 11.6 Å². The monoisotopic (exact) mass is 518 g/mol. The predicted molar refractivity (Wildman–Crippen MR) is 122 cm³/mol. The molecule has 0 saturated heterocycles. The lowest BCUT2D eigenvalue weighted by Gasteiger charge is -2.13. The van der Waals surface area contributed by atoms with Crippen LogP contribution in [0.5, 0.6) is 5.75 Å². The first-order valence-corrected chi connectivity index (χ1v) is 10.2. The highest BCUT2D eigenvalue weighted by Crippen LogP contribution is 2.32. The van der Waals surface area contributed by atoms with Gasteiger partial charge < -0.3 is 15.4 Å². The minimum atomic E-state index is -0.850. The zero-order valence-electron chi connectivity index (χ0n) is 16.0. The van der Waals surface area contributed by atoms with Crippen LogP contribution in [0.15, 0.2) is 42.5 Å². The van der Waals surface area contributed by atoms with Crippen molar-refractivity contribution in [2.75, 3.05) is 17.7 Å². The number of carbonyl (C=O) groups is 2. The molecule has 2 N–H and O–H groups in total. The number of rotatable bonds is 5. The van der Waals surface area contributed by atoms with Gasteiger partial charge in [-0.1, -0.05) is 46.4 Å². The number of nitrogens with one attached hydrogen (secondary N) is 2. The Kier molecular flexibility index (Phi) is 7.46. The van der Waals surface area contributed by atoms with Crippen molar-refractivity contribution in [2.45, 2.75) is 0 Å². The highest BCUT2D eigenvalue weighted by molar-refractivity contribution is 6.37. The van der Waals surface area contributed by atoms with E-state index >= 15 is 0 Å². The maximum absolute atomic E-state index is 14.2. The first kappa shape index (κ1) is 24.1. The predicted octanol–water partition coefficient (Wildman–Crippen LogP) is 7.09. The number of carbonyl (C=O) groups excluding carboxylic acids is 2. The van der Waals surface area contributed by atoms with Crippen LogP contribution in [0.3, 0.4) is 0 Å². The van der Waals surface area contributed by atoms with Crippen LogP contribution in [0.2, 0.25) is 20.1 Å². The maximum atomic E-state index is 14.2. The van der Waals surface area contributed by atoms with E-state index in [2.05, 4.69) is 10.6 Å². The van der Waals surface area contributed by atoms with E-state index in [9.17, 15) is 18.4 Å². The Hall–Kier alpha value is -2.58. The van der Waals surface area contributed by atoms with E-state index in [1.54, 1.807) is 0 Å². The third-order valence-electron chi connectivity index (χ3n) is 4.20. The van der Waals surface area contributed by atoms with Gasteiger partial charge in [0, 0.05) is 15.6 Å². The van der Waals surface area contributed by atoms with Crippen molar-refractivity contribution in [3.05, 3.63) is 85.3 Å². The molecule has 166 valence electrons. The molecule has 2 amide bonds. The number of methoxy groups -OCH3 is 1. The summed E-state index contributed by atoms with van der Waals surface area (Å²) in [5.74, 6) is -3.16. The Balaban J connectivity index is 1.92. The molecule has 0 fully saturated rings. The minimum absolute atomic E-state index is 0.0240. The Morgan fingerprint density at radius 2 is 1.28 bits per heavy atom. The Morgan fingerprint density at radius 3 is 1.75 bits per heavy atom. The zero-order chi connectivity index (χ0) is 23.6. The van der Waals surface area contributed by atoms with Crippen molar-refractivity contribution < 1.29 is 23.1 Å². The molecule has 0 unspecified atom stereocenters. The molecule has 3 aromatic carbocycles. The molecule has 0 atom stereocenters. The fourth-order valence-electron chi connectivity index (χ4n) is 2.72. The highest BCUT2D eigenvalue weighted by Gasteiger charge is 2.20. The van der Waals surface area contributed by atoms with Crippen molar-refractivity contribution in [3.63, 3.8) is 0 Å². The van der Waals surface area contributed by atoms with Crippen LogP contribution in [0.1, 0.15) is 20.7 Å². The van der Waals surface area contributed by atoms with Crippen LogP contribution in [0.4, 0.5) is 20.2 Å². The van der Waals surface area contributed by atoms with Crippen molar-refractivity contribution in [1.82, 2.24) is 0 Å². The summed E-state index contributed by atoms with van der Waals surface area (Å²) in [6, 6.07) is 8.38. The average Bonchev–Trinajstić information content (AvgIpc) is 2.72. The van der Waals surface area contributed by atoms with E-state index in [1.165, 1.54) is 37.4 Å². The fraction of sp³-hybridized carbons (Fsp3) is 0.0476. The molecule has 0 bridgehead atoms. The van der Waals surface area contributed by atoms with E-state index in [-0.39, 0.29) is 48.3 Å². The summed E-state index contributed by atoms with van der Waals surface area (Å²) in [5, 5.41) is 4.53. The Morgan fingerprint density at radius 1 is 0.781 bits per heavy atom. The molecule has 3 aromatic rings. The number of halogens is 6. The molecule has 0 heterocycles. The lowest BCUT2D eigenvalue weighted by atomic mass is 10.1. The van der Waals surface area contributed by atoms with Gasteiger partial charge in [0.15, 0.2) is 0 Å². The smallest absolute Gasteiger partial charge is 0.259 e. The number of anilines is 2. The fourth-order valence-corrected chi connectivity index (χ4v) is 3.75. The minimum Gasteiger partial charge on any atom is -0.496 e. The van der Waals surface area contributed by atoms with Crippen LogP contribution < -0.4 is 15.4 Å². The van der Waals surface area contributed by atoms with E-state index in [0.29, 0.717) is 0 Å². The molecule has 11 heteroatoms. The Bertz CT molecular complexity index is 1190. The van der Waals surface area contributed by atoms with Crippen LogP contribution >= 0.6 is 46.4 Å². The summed E-state index contributed by atoms with van der Waals surface area (Å²) in [5.41, 5.74) is -0.705. The van der Waals surface area contributed by atoms with Gasteiger partial charge in [0.05, 0.1) is 34.1 Å². The number of hydrogen-bond donors (Lipinski definition) is 2. The van der Waals surface area contributed by atoms with Crippen molar-refractivity contribution in [1.29, 1.82) is 0 Å². The first-order valence-electron chi connectivity index (χ1n) is 8.70. The van der Waals surface area contributed by atoms with Crippen LogP contribution in [-0.2, 0) is 0 Å². The molecule has 3 rings (SSSR count). The van der Waals surface area contributed by atoms with Crippen LogP contribution in [0.25, 0.3) is 0 Å². The van der Waals surface area contributed by atoms with E-state index in [1.807, 2.05) is 0 Å². The molecule has 0 saturated carbocycles. The summed E-state index contributed by atoms with van der Waals surface area (Å²) < 4.78 is 33.5. The topological polar surface area (TPSA) is 67.4 Å². The van der Waals surface area contributed by atoms with Crippen molar-refractivity contribution in [2.24, 2.45) is 0 Å². The molecule has 5 nitrogen and oxygen atoms in total. The van der Waals surface area contributed by atoms with Gasteiger partial charge in [0.1, 0.15) is 17.4 Å². The standard InChI is InChI=1S/C21H12Cl4F2N2O3/c1-32-17-3-2-9(20(30)28-18-13(24)5-10(22)7-15(18)26)4-12(17)21(31)29-19-14(25)6-11(23)8-16(19)27/h2-8H,1H3,(H,28,30)(H,29,31). The number of amides is 2. The SMILES string of the molecule is COc1ccc(C(=O)Nc2c(F)cc(Cl)cc2Cl)cc1C(=O)Nc1c(F)cc(Cl)cc1Cl. The number of ether oxygens (including phenoxy) is 1. The molecule has 0 aliphatic rings. The van der Waals surface area contributed by atoms with E-state index in [4.69, 9.17) is 51.1 Å². The molecular weight excluding hydrogens is 508 g/mol. The summed E-state index contributed by atoms with van der Waals surface area (Å²) >= 11 is 23.4. The lowest BCUT2D eigenvalue weighted by Crippen LogP contribution is -2.18. The molecule has 0 aliphatic carbocycles. The lowest BCUT2D eigenvalue weighted by molar-refractivity contribution is 0.102. The Labute approximate surface area is 201 Å². The maximum Gasteiger partial charge on any atom is 0.259 e. The molecule has 0 aliphatic heterocycles. The first-order chi connectivity index (χ1) is 15.1. The third-order valence-corrected chi connectivity index (χ3v) is 5.23. The number of hydrogen-bond acceptors (Lipinski definition) is 3. The number of benzene rings is 3. The second-order valence-corrected chi connectivity index (χ2v) is 8.00. The van der Waals surface area contributed by atoms with Gasteiger partial charge in [-0.3, -0.25) is 9.59 Å². The molecule has 0 spiro atoms. The van der Waals surface area contributed by atoms with Gasteiger partial charge in [-0.2, -0.15) is 0 Å². The van der Waals surface area contributed by atoms with Crippen molar-refractivity contribution >= 4 is 69.6 Å².